The maximum atomic E-state index is 12.4. The van der Waals surface area contributed by atoms with Crippen molar-refractivity contribution in [3.8, 4) is 0 Å². The monoisotopic (exact) mass is 347 g/mol. The van der Waals surface area contributed by atoms with Crippen molar-refractivity contribution in [3.63, 3.8) is 0 Å². The first-order valence-electron chi connectivity index (χ1n) is 7.33. The van der Waals surface area contributed by atoms with Gasteiger partial charge in [0.1, 0.15) is 0 Å². The minimum absolute atomic E-state index is 0. The highest BCUT2D eigenvalue weighted by molar-refractivity contribution is 5.85. The number of para-hydroxylation sites is 1. The molecular formula is C16H27Cl2N3O. The number of rotatable bonds is 3. The lowest BCUT2D eigenvalue weighted by atomic mass is 10.1. The van der Waals surface area contributed by atoms with Crippen LogP contribution in [0.2, 0.25) is 0 Å². The highest BCUT2D eigenvalue weighted by Crippen LogP contribution is 2.19. The number of nitrogens with zero attached hydrogens (tertiary/aromatic N) is 1. The number of aryl methyl sites for hydroxylation is 2. The van der Waals surface area contributed by atoms with Crippen molar-refractivity contribution in [1.29, 1.82) is 0 Å². The molecule has 0 saturated carbocycles. The van der Waals surface area contributed by atoms with Gasteiger partial charge in [-0.25, -0.2) is 0 Å². The minimum Gasteiger partial charge on any atom is -0.376 e. The number of piperazine rings is 1. The van der Waals surface area contributed by atoms with E-state index in [0.29, 0.717) is 12.6 Å². The summed E-state index contributed by atoms with van der Waals surface area (Å²) in [7, 11) is 0. The Bertz CT molecular complexity index is 476. The summed E-state index contributed by atoms with van der Waals surface area (Å²) >= 11 is 0. The summed E-state index contributed by atoms with van der Waals surface area (Å²) in [5.74, 6) is 0.175. The zero-order valence-corrected chi connectivity index (χ0v) is 15.3. The molecule has 126 valence electrons. The zero-order valence-electron chi connectivity index (χ0n) is 13.7. The summed E-state index contributed by atoms with van der Waals surface area (Å²) in [5.41, 5.74) is 3.44. The van der Waals surface area contributed by atoms with Crippen molar-refractivity contribution in [3.05, 3.63) is 29.3 Å². The highest BCUT2D eigenvalue weighted by Gasteiger charge is 2.27. The van der Waals surface area contributed by atoms with Crippen LogP contribution in [0.25, 0.3) is 0 Å². The first-order chi connectivity index (χ1) is 9.50. The fraction of sp³-hybridized carbons (Fsp3) is 0.562. The Morgan fingerprint density at radius 2 is 1.86 bits per heavy atom. The van der Waals surface area contributed by atoms with Crippen molar-refractivity contribution in [2.45, 2.75) is 39.8 Å². The highest BCUT2D eigenvalue weighted by atomic mass is 35.5. The standard InChI is InChI=1S/C16H25N3O.2ClH/c1-11-6-5-7-12(2)16(11)18-10-15(20)19-9-8-17-13(3)14(19)4;;/h5-7,13-14,17-18H,8-10H2,1-4H3;2*1H. The summed E-state index contributed by atoms with van der Waals surface area (Å²) in [6.07, 6.45) is 0. The van der Waals surface area contributed by atoms with Crippen LogP contribution >= 0.6 is 24.8 Å². The molecule has 2 N–H and O–H groups in total. The van der Waals surface area contributed by atoms with Crippen molar-refractivity contribution in [1.82, 2.24) is 10.2 Å². The van der Waals surface area contributed by atoms with Gasteiger partial charge in [0, 0.05) is 30.9 Å². The second kappa shape index (κ2) is 9.23. The molecule has 0 aromatic heterocycles. The van der Waals surface area contributed by atoms with Gasteiger partial charge < -0.3 is 15.5 Å². The van der Waals surface area contributed by atoms with Crippen LogP contribution < -0.4 is 10.6 Å². The van der Waals surface area contributed by atoms with Crippen LogP contribution in [-0.2, 0) is 4.79 Å². The largest absolute Gasteiger partial charge is 0.376 e. The third-order valence-electron chi connectivity index (χ3n) is 4.25. The van der Waals surface area contributed by atoms with Crippen LogP contribution in [0.3, 0.4) is 0 Å². The second-order valence-corrected chi connectivity index (χ2v) is 5.69. The molecule has 2 unspecified atom stereocenters. The molecule has 4 nitrogen and oxygen atoms in total. The number of amides is 1. The molecule has 1 fully saturated rings. The molecule has 1 aromatic rings. The molecule has 1 aromatic carbocycles. The van der Waals surface area contributed by atoms with Crippen molar-refractivity contribution >= 4 is 36.4 Å². The predicted molar refractivity (Wildman–Crippen MR) is 97.5 cm³/mol. The third kappa shape index (κ3) is 4.77. The van der Waals surface area contributed by atoms with E-state index in [1.165, 1.54) is 11.1 Å². The van der Waals surface area contributed by atoms with E-state index in [9.17, 15) is 4.79 Å². The van der Waals surface area contributed by atoms with Gasteiger partial charge in [-0.1, -0.05) is 18.2 Å². The van der Waals surface area contributed by atoms with E-state index in [1.54, 1.807) is 0 Å². The summed E-state index contributed by atoms with van der Waals surface area (Å²) in [6.45, 7) is 10.4. The molecule has 1 saturated heterocycles. The van der Waals surface area contributed by atoms with E-state index in [4.69, 9.17) is 0 Å². The zero-order chi connectivity index (χ0) is 14.7. The number of nitrogens with one attached hydrogen (secondary N) is 2. The Balaban J connectivity index is 0.00000220. The lowest BCUT2D eigenvalue weighted by Gasteiger charge is -2.38. The fourth-order valence-corrected chi connectivity index (χ4v) is 2.77. The van der Waals surface area contributed by atoms with Gasteiger partial charge in [-0.2, -0.15) is 0 Å². The first-order valence-corrected chi connectivity index (χ1v) is 7.33. The van der Waals surface area contributed by atoms with E-state index >= 15 is 0 Å². The quantitative estimate of drug-likeness (QED) is 0.883. The van der Waals surface area contributed by atoms with E-state index in [-0.39, 0.29) is 36.8 Å². The normalized spacial score (nSPS) is 20.6. The number of carbonyl (C=O) groups excluding carboxylic acids is 1. The van der Waals surface area contributed by atoms with Crippen LogP contribution in [0.5, 0.6) is 0 Å². The SMILES string of the molecule is Cc1cccc(C)c1NCC(=O)N1CCNC(C)C1C.Cl.Cl. The van der Waals surface area contributed by atoms with Crippen LogP contribution in [0.4, 0.5) is 5.69 Å². The van der Waals surface area contributed by atoms with E-state index in [2.05, 4.69) is 50.5 Å². The smallest absolute Gasteiger partial charge is 0.242 e. The van der Waals surface area contributed by atoms with Gasteiger partial charge >= 0.3 is 0 Å². The summed E-state index contributed by atoms with van der Waals surface area (Å²) < 4.78 is 0. The first kappa shape index (κ1) is 21.0. The minimum atomic E-state index is 0. The number of benzene rings is 1. The lowest BCUT2D eigenvalue weighted by molar-refractivity contribution is -0.132. The topological polar surface area (TPSA) is 44.4 Å². The van der Waals surface area contributed by atoms with Gasteiger partial charge in [0.2, 0.25) is 5.91 Å². The van der Waals surface area contributed by atoms with E-state index in [0.717, 1.165) is 18.8 Å². The van der Waals surface area contributed by atoms with Gasteiger partial charge in [0.05, 0.1) is 6.54 Å². The molecule has 0 bridgehead atoms. The van der Waals surface area contributed by atoms with E-state index in [1.807, 2.05) is 11.0 Å². The molecule has 0 radical (unpaired) electrons. The molecule has 0 spiro atoms. The van der Waals surface area contributed by atoms with Crippen LogP contribution in [0.1, 0.15) is 25.0 Å². The Kier molecular flexibility index (Phi) is 8.83. The molecule has 6 heteroatoms. The summed E-state index contributed by atoms with van der Waals surface area (Å²) in [5, 5.41) is 6.70. The predicted octanol–water partition coefficient (Wildman–Crippen LogP) is 2.77. The Hall–Kier alpha value is -0.970. The molecule has 0 aliphatic carbocycles. The van der Waals surface area contributed by atoms with Gasteiger partial charge in [-0.15, -0.1) is 24.8 Å². The Morgan fingerprint density at radius 1 is 1.27 bits per heavy atom. The van der Waals surface area contributed by atoms with Crippen molar-refractivity contribution in [2.75, 3.05) is 25.0 Å². The number of halogens is 2. The Labute approximate surface area is 145 Å². The van der Waals surface area contributed by atoms with Crippen LogP contribution in [-0.4, -0.2) is 42.5 Å². The molecule has 1 aliphatic rings. The van der Waals surface area contributed by atoms with Gasteiger partial charge in [-0.3, -0.25) is 4.79 Å². The van der Waals surface area contributed by atoms with Gasteiger partial charge in [0.15, 0.2) is 0 Å². The molecule has 1 heterocycles. The van der Waals surface area contributed by atoms with Gasteiger partial charge in [0.25, 0.3) is 0 Å². The number of hydrogen-bond acceptors (Lipinski definition) is 3. The van der Waals surface area contributed by atoms with Crippen molar-refractivity contribution in [2.24, 2.45) is 0 Å². The number of carbonyl (C=O) groups is 1. The summed E-state index contributed by atoms with van der Waals surface area (Å²) in [4.78, 5) is 14.4. The maximum absolute atomic E-state index is 12.4. The average molecular weight is 348 g/mol. The number of anilines is 1. The number of hydrogen-bond donors (Lipinski definition) is 2. The van der Waals surface area contributed by atoms with Gasteiger partial charge in [-0.05, 0) is 38.8 Å². The van der Waals surface area contributed by atoms with Crippen LogP contribution in [0, 0.1) is 13.8 Å². The molecule has 2 rings (SSSR count). The average Bonchev–Trinajstić information content (AvgIpc) is 2.41. The van der Waals surface area contributed by atoms with Crippen molar-refractivity contribution < 1.29 is 4.79 Å². The maximum Gasteiger partial charge on any atom is 0.242 e. The third-order valence-corrected chi connectivity index (χ3v) is 4.25. The lowest BCUT2D eigenvalue weighted by Crippen LogP contribution is -2.58. The van der Waals surface area contributed by atoms with Crippen LogP contribution in [0.15, 0.2) is 18.2 Å². The molecule has 2 atom stereocenters. The van der Waals surface area contributed by atoms with E-state index < -0.39 is 0 Å². The molecule has 22 heavy (non-hydrogen) atoms. The molecule has 1 aliphatic heterocycles. The Morgan fingerprint density at radius 3 is 2.45 bits per heavy atom. The molecule has 1 amide bonds. The molecular weight excluding hydrogens is 321 g/mol. The second-order valence-electron chi connectivity index (χ2n) is 5.69. The summed E-state index contributed by atoms with van der Waals surface area (Å²) in [6, 6.07) is 6.77. The fourth-order valence-electron chi connectivity index (χ4n) is 2.77.